The molecule has 0 saturated heterocycles. The van der Waals surface area contributed by atoms with Crippen molar-refractivity contribution in [3.8, 4) is 16.9 Å². The minimum atomic E-state index is -4.10. The minimum absolute atomic E-state index is 0.0116. The zero-order chi connectivity index (χ0) is 47.1. The molecule has 3 atom stereocenters. The molecule has 65 heavy (non-hydrogen) atoms. The highest BCUT2D eigenvalue weighted by Gasteiger charge is 2.67. The first kappa shape index (κ1) is 45.4. The van der Waals surface area contributed by atoms with Crippen molar-refractivity contribution < 1.29 is 39.6 Å². The number of nitrogens with two attached hydrogens (primary N) is 1. The number of amidine groups is 1. The van der Waals surface area contributed by atoms with Crippen LogP contribution < -0.4 is 21.9 Å². The van der Waals surface area contributed by atoms with E-state index in [0.29, 0.717) is 28.6 Å². The average molecular weight is 943 g/mol. The van der Waals surface area contributed by atoms with Crippen LogP contribution >= 0.6 is 11.6 Å². The van der Waals surface area contributed by atoms with E-state index in [9.17, 15) is 30.8 Å². The molecule has 3 heterocycles. The molecule has 3 aromatic heterocycles. The quantitative estimate of drug-likeness (QED) is 0.0604. The number of nitrogens with zero attached hydrogens (tertiary/aromatic N) is 7. The summed E-state index contributed by atoms with van der Waals surface area (Å²) in [7, 11) is -2.68. The van der Waals surface area contributed by atoms with E-state index in [0.717, 1.165) is 23.0 Å². The molecule has 8 rings (SSSR count). The van der Waals surface area contributed by atoms with E-state index in [1.54, 1.807) is 29.1 Å². The third-order valence-corrected chi connectivity index (χ3v) is 11.9. The summed E-state index contributed by atoms with van der Waals surface area (Å²) in [4.78, 5) is 34.1. The summed E-state index contributed by atoms with van der Waals surface area (Å²) in [6.07, 6.45) is -1.12. The highest BCUT2D eigenvalue weighted by atomic mass is 35.5. The molecule has 0 unspecified atom stereocenters. The highest BCUT2D eigenvalue weighted by molar-refractivity contribution is 7.89. The number of sulfonamides is 1. The Morgan fingerprint density at radius 1 is 1.06 bits per heavy atom. The van der Waals surface area contributed by atoms with Gasteiger partial charge in [-0.3, -0.25) is 23.5 Å². The van der Waals surface area contributed by atoms with E-state index >= 15 is 13.6 Å². The number of hydrogen-bond donors (Lipinski definition) is 3. The van der Waals surface area contributed by atoms with Crippen molar-refractivity contribution in [2.24, 2.45) is 21.5 Å². The number of hydrogen-bond acceptors (Lipinski definition) is 8. The Labute approximate surface area is 372 Å². The average Bonchev–Trinajstić information content (AvgIpc) is 3.62. The number of alkyl halides is 4. The van der Waals surface area contributed by atoms with Crippen molar-refractivity contribution in [2.45, 2.75) is 71.0 Å². The number of amides is 1. The van der Waals surface area contributed by atoms with Gasteiger partial charge in [-0.15, -0.1) is 4.40 Å². The number of anilines is 1. The molecule has 0 aliphatic heterocycles. The molecule has 0 radical (unpaired) electrons. The number of carbonyl (C=O) groups is 1. The molecule has 1 amide bonds. The molecule has 1 saturated carbocycles. The Hall–Kier alpha value is -6.22. The van der Waals surface area contributed by atoms with E-state index in [1.807, 2.05) is 20.8 Å². The summed E-state index contributed by atoms with van der Waals surface area (Å²) < 4.78 is 120. The van der Waals surface area contributed by atoms with Crippen LogP contribution in [0.4, 0.5) is 32.0 Å². The Bertz CT molecular complexity index is 3110. The Morgan fingerprint density at radius 2 is 1.77 bits per heavy atom. The van der Waals surface area contributed by atoms with Crippen LogP contribution in [0.3, 0.4) is 0 Å². The van der Waals surface area contributed by atoms with Crippen molar-refractivity contribution in [2.75, 3.05) is 18.6 Å². The first-order valence-corrected chi connectivity index (χ1v) is 22.3. The molecule has 3 aromatic carbocycles. The predicted molar refractivity (Wildman–Crippen MR) is 231 cm³/mol. The van der Waals surface area contributed by atoms with Gasteiger partial charge in [0.25, 0.3) is 27.9 Å². The fourth-order valence-corrected chi connectivity index (χ4v) is 9.23. The van der Waals surface area contributed by atoms with Gasteiger partial charge in [-0.25, -0.2) is 31.0 Å². The molecular formula is C43H41ClF6N10O4S. The van der Waals surface area contributed by atoms with Gasteiger partial charge in [-0.1, -0.05) is 38.4 Å². The molecule has 0 bridgehead atoms. The Kier molecular flexibility index (Phi) is 11.4. The van der Waals surface area contributed by atoms with Crippen molar-refractivity contribution in [3.05, 3.63) is 122 Å². The zero-order valence-electron chi connectivity index (χ0n) is 35.3. The summed E-state index contributed by atoms with van der Waals surface area (Å²) >= 11 is 6.57. The normalized spacial score (nSPS) is 17.3. The largest absolute Gasteiger partial charge is 0.386 e. The fourth-order valence-electron chi connectivity index (χ4n) is 8.52. The number of halogens is 7. The fraction of sp³-hybridized carbons (Fsp3) is 0.349. The summed E-state index contributed by atoms with van der Waals surface area (Å²) in [5, 5.41) is 13.9. The first-order chi connectivity index (χ1) is 30.4. The SMILES string of the molecule is CNc1c(-n2c([C@H](Cc3cc(F)cc(F)c3)NC(=O)Cn3nc(C(F)F)c4c3C(F)(F)[C@@H]3C[C@H]43)nc3cc(-c4ccn(CC(C)(C)C)n4)ccc3c2=O)ccc(Cl)c1C(N)=NS(C)(=O)=O. The molecule has 0 spiro atoms. The lowest BCUT2D eigenvalue weighted by molar-refractivity contribution is -0.123. The Balaban J connectivity index is 1.34. The summed E-state index contributed by atoms with van der Waals surface area (Å²) in [5.41, 5.74) is 4.19. The smallest absolute Gasteiger partial charge is 0.293 e. The second-order valence-electron chi connectivity index (χ2n) is 17.4. The number of carbonyl (C=O) groups excluding carboxylic acids is 1. The molecule has 2 aliphatic carbocycles. The van der Waals surface area contributed by atoms with E-state index in [1.165, 1.54) is 25.2 Å². The van der Waals surface area contributed by atoms with Gasteiger partial charge in [0, 0.05) is 49.3 Å². The van der Waals surface area contributed by atoms with Crippen LogP contribution in [0, 0.1) is 23.0 Å². The standard InChI is InChI=1S/C43H41ClF6N10O4S/c1-42(2,3)19-58-11-10-28(55-58)21-6-7-24-29(15-21)54-40(60(41(24)62)31-9-8-27(44)34(35(31)52-4)39(51)57-65(5,63)64)30(14-20-12-22(45)16-23(46)13-20)53-32(61)18-59-37-33(36(56-59)38(47)48)25-17-26(25)43(37,49)50/h6-13,15-16,25-26,30,38,52H,14,17-19H2,1-5H3,(H2,51,57)(H,53,61)/t25-,26+,30-/m0/s1. The van der Waals surface area contributed by atoms with Gasteiger partial charge in [0.15, 0.2) is 0 Å². The van der Waals surface area contributed by atoms with Gasteiger partial charge in [-0.2, -0.15) is 19.0 Å². The van der Waals surface area contributed by atoms with Crippen LogP contribution in [0.2, 0.25) is 5.02 Å². The second kappa shape index (κ2) is 16.3. The zero-order valence-corrected chi connectivity index (χ0v) is 36.9. The Morgan fingerprint density at radius 3 is 2.42 bits per heavy atom. The molecule has 6 aromatic rings. The summed E-state index contributed by atoms with van der Waals surface area (Å²) in [6.45, 7) is 5.72. The van der Waals surface area contributed by atoms with E-state index < -0.39 is 93.5 Å². The molecule has 342 valence electrons. The van der Waals surface area contributed by atoms with Crippen LogP contribution in [-0.4, -0.2) is 62.6 Å². The molecular weight excluding hydrogens is 902 g/mol. The van der Waals surface area contributed by atoms with E-state index in [2.05, 4.69) is 25.2 Å². The van der Waals surface area contributed by atoms with Gasteiger partial charge in [0.05, 0.1) is 50.9 Å². The molecule has 2 aliphatic rings. The number of nitrogens with one attached hydrogen (secondary N) is 2. The lowest BCUT2D eigenvalue weighted by Crippen LogP contribution is -2.38. The maximum Gasteiger partial charge on any atom is 0.293 e. The van der Waals surface area contributed by atoms with E-state index in [-0.39, 0.29) is 61.7 Å². The topological polar surface area (TPSA) is 184 Å². The van der Waals surface area contributed by atoms with E-state index in [4.69, 9.17) is 22.3 Å². The van der Waals surface area contributed by atoms with Crippen LogP contribution in [0.25, 0.3) is 27.8 Å². The lowest BCUT2D eigenvalue weighted by Gasteiger charge is -2.25. The maximum absolute atomic E-state index is 15.6. The van der Waals surface area contributed by atoms with Crippen LogP contribution in [-0.2, 0) is 40.3 Å². The maximum atomic E-state index is 15.6. The van der Waals surface area contributed by atoms with Gasteiger partial charge in [0.2, 0.25) is 5.91 Å². The van der Waals surface area contributed by atoms with Crippen LogP contribution in [0.5, 0.6) is 0 Å². The molecule has 22 heteroatoms. The number of benzene rings is 3. The number of rotatable bonds is 13. The molecule has 1 fully saturated rings. The summed E-state index contributed by atoms with van der Waals surface area (Å²) in [5.74, 6) is -9.51. The van der Waals surface area contributed by atoms with Crippen LogP contribution in [0.1, 0.15) is 79.5 Å². The predicted octanol–water partition coefficient (Wildman–Crippen LogP) is 7.38. The van der Waals surface area contributed by atoms with Crippen molar-refractivity contribution in [3.63, 3.8) is 0 Å². The number of fused-ring (bicyclic) bond motifs is 4. The monoisotopic (exact) mass is 942 g/mol. The minimum Gasteiger partial charge on any atom is -0.386 e. The third kappa shape index (κ3) is 8.82. The molecule has 4 N–H and O–H groups in total. The van der Waals surface area contributed by atoms with Crippen LogP contribution in [0.15, 0.2) is 70.0 Å². The molecule has 14 nitrogen and oxygen atoms in total. The van der Waals surface area contributed by atoms with Crippen molar-refractivity contribution >= 4 is 50.0 Å². The van der Waals surface area contributed by atoms with Gasteiger partial charge in [0.1, 0.15) is 41.2 Å². The highest BCUT2D eigenvalue weighted by Crippen LogP contribution is 2.68. The van der Waals surface area contributed by atoms with Crippen molar-refractivity contribution in [1.82, 2.24) is 34.4 Å². The second-order valence-corrected chi connectivity index (χ2v) is 19.4. The first-order valence-electron chi connectivity index (χ1n) is 20.1. The lowest BCUT2D eigenvalue weighted by atomic mass is 9.97. The number of aromatic nitrogens is 6. The van der Waals surface area contributed by atoms with Gasteiger partial charge < -0.3 is 16.4 Å². The third-order valence-electron chi connectivity index (χ3n) is 11.1. The van der Waals surface area contributed by atoms with Crippen molar-refractivity contribution in [1.29, 1.82) is 0 Å². The summed E-state index contributed by atoms with van der Waals surface area (Å²) in [6, 6.07) is 10.2. The van der Waals surface area contributed by atoms with Gasteiger partial charge in [-0.05, 0) is 65.8 Å². The van der Waals surface area contributed by atoms with Gasteiger partial charge >= 0.3 is 0 Å².